The lowest BCUT2D eigenvalue weighted by atomic mass is 9.95. The molecule has 3 rings (SSSR count). The Labute approximate surface area is 119 Å². The van der Waals surface area contributed by atoms with E-state index in [9.17, 15) is 0 Å². The van der Waals surface area contributed by atoms with Crippen molar-refractivity contribution >= 4 is 22.8 Å². The molecular formula is C14H22N6. The predicted octanol–water partition coefficient (Wildman–Crippen LogP) is 2.41. The number of fused-ring (bicyclic) bond motifs is 1. The maximum atomic E-state index is 4.70. The van der Waals surface area contributed by atoms with Crippen LogP contribution >= 0.6 is 0 Å². The molecule has 1 aliphatic rings. The molecule has 1 unspecified atom stereocenters. The summed E-state index contributed by atoms with van der Waals surface area (Å²) in [6, 6.07) is 0. The summed E-state index contributed by atoms with van der Waals surface area (Å²) in [6.45, 7) is 7.29. The van der Waals surface area contributed by atoms with Crippen LogP contribution in [0.15, 0.2) is 6.20 Å². The molecule has 2 N–H and O–H groups in total. The van der Waals surface area contributed by atoms with Crippen LogP contribution in [0, 0.1) is 5.92 Å². The third-order valence-corrected chi connectivity index (χ3v) is 4.02. The summed E-state index contributed by atoms with van der Waals surface area (Å²) in [7, 11) is 0. The van der Waals surface area contributed by atoms with Gasteiger partial charge in [0.25, 0.3) is 0 Å². The predicted molar refractivity (Wildman–Crippen MR) is 81.1 cm³/mol. The molecule has 0 bridgehead atoms. The Morgan fingerprint density at radius 3 is 3.10 bits per heavy atom. The van der Waals surface area contributed by atoms with E-state index < -0.39 is 0 Å². The lowest BCUT2D eigenvalue weighted by Gasteiger charge is -2.33. The first-order chi connectivity index (χ1) is 9.81. The number of nitrogens with one attached hydrogen (secondary N) is 2. The van der Waals surface area contributed by atoms with Gasteiger partial charge in [0, 0.05) is 19.6 Å². The van der Waals surface area contributed by atoms with Crippen molar-refractivity contribution in [1.82, 2.24) is 20.2 Å². The fourth-order valence-electron chi connectivity index (χ4n) is 2.89. The van der Waals surface area contributed by atoms with Gasteiger partial charge in [-0.05, 0) is 25.7 Å². The minimum Gasteiger partial charge on any atom is -0.356 e. The quantitative estimate of drug-likeness (QED) is 0.896. The van der Waals surface area contributed by atoms with Gasteiger partial charge in [-0.25, -0.2) is 0 Å². The molecular weight excluding hydrogens is 252 g/mol. The maximum Gasteiger partial charge on any atom is 0.226 e. The van der Waals surface area contributed by atoms with Crippen LogP contribution in [0.2, 0.25) is 0 Å². The Bertz CT molecular complexity index is 578. The summed E-state index contributed by atoms with van der Waals surface area (Å²) in [6.07, 6.45) is 5.62. The van der Waals surface area contributed by atoms with Crippen LogP contribution in [0.1, 0.15) is 33.1 Å². The molecule has 0 aromatic carbocycles. The monoisotopic (exact) mass is 274 g/mol. The van der Waals surface area contributed by atoms with E-state index in [0.717, 1.165) is 42.4 Å². The molecule has 2 aromatic rings. The van der Waals surface area contributed by atoms with Gasteiger partial charge in [0.05, 0.1) is 11.6 Å². The Kier molecular flexibility index (Phi) is 3.71. The standard InChI is InChI=1S/C14H22N6/c1-3-10-6-5-7-20(9-10)13-11-8-16-19-12(11)17-14(18-13)15-4-2/h8,10H,3-7,9H2,1-2H3,(H2,15,16,17,18,19). The zero-order chi connectivity index (χ0) is 13.9. The number of rotatable bonds is 4. The normalized spacial score (nSPS) is 19.5. The maximum absolute atomic E-state index is 4.70. The van der Waals surface area contributed by atoms with Gasteiger partial charge in [-0.3, -0.25) is 5.10 Å². The Morgan fingerprint density at radius 1 is 1.40 bits per heavy atom. The number of hydrogen-bond donors (Lipinski definition) is 2. The van der Waals surface area contributed by atoms with E-state index in [0.29, 0.717) is 5.95 Å². The van der Waals surface area contributed by atoms with Gasteiger partial charge in [0.15, 0.2) is 5.65 Å². The number of anilines is 2. The molecule has 20 heavy (non-hydrogen) atoms. The van der Waals surface area contributed by atoms with Gasteiger partial charge in [-0.2, -0.15) is 15.1 Å². The Balaban J connectivity index is 1.98. The molecule has 2 aromatic heterocycles. The first-order valence-corrected chi connectivity index (χ1v) is 7.51. The highest BCUT2D eigenvalue weighted by Crippen LogP contribution is 2.29. The van der Waals surface area contributed by atoms with Gasteiger partial charge in [-0.15, -0.1) is 0 Å². The summed E-state index contributed by atoms with van der Waals surface area (Å²) in [5.74, 6) is 2.46. The second kappa shape index (κ2) is 5.64. The highest BCUT2D eigenvalue weighted by atomic mass is 15.3. The fourth-order valence-corrected chi connectivity index (χ4v) is 2.89. The van der Waals surface area contributed by atoms with Gasteiger partial charge >= 0.3 is 0 Å². The van der Waals surface area contributed by atoms with Crippen LogP contribution in [0.25, 0.3) is 11.0 Å². The summed E-state index contributed by atoms with van der Waals surface area (Å²) < 4.78 is 0. The molecule has 1 aliphatic heterocycles. The summed E-state index contributed by atoms with van der Waals surface area (Å²) in [5, 5.41) is 11.3. The van der Waals surface area contributed by atoms with Gasteiger partial charge in [0.2, 0.25) is 5.95 Å². The molecule has 0 amide bonds. The van der Waals surface area contributed by atoms with Crippen molar-refractivity contribution in [1.29, 1.82) is 0 Å². The van der Waals surface area contributed by atoms with Crippen molar-refractivity contribution in [3.05, 3.63) is 6.20 Å². The van der Waals surface area contributed by atoms with Crippen LogP contribution < -0.4 is 10.2 Å². The highest BCUT2D eigenvalue weighted by molar-refractivity contribution is 5.87. The van der Waals surface area contributed by atoms with Crippen LogP contribution in [-0.2, 0) is 0 Å². The minimum absolute atomic E-state index is 0.679. The van der Waals surface area contributed by atoms with Crippen molar-refractivity contribution < 1.29 is 0 Å². The number of piperidine rings is 1. The van der Waals surface area contributed by atoms with E-state index in [-0.39, 0.29) is 0 Å². The molecule has 0 spiro atoms. The van der Waals surface area contributed by atoms with Crippen molar-refractivity contribution in [2.45, 2.75) is 33.1 Å². The number of H-pyrrole nitrogens is 1. The van der Waals surface area contributed by atoms with Crippen LogP contribution in [0.5, 0.6) is 0 Å². The molecule has 3 heterocycles. The molecule has 1 saturated heterocycles. The zero-order valence-corrected chi connectivity index (χ0v) is 12.2. The third kappa shape index (κ3) is 2.42. The summed E-state index contributed by atoms with van der Waals surface area (Å²) in [4.78, 5) is 11.5. The zero-order valence-electron chi connectivity index (χ0n) is 12.2. The Hall–Kier alpha value is -1.85. The molecule has 6 heteroatoms. The minimum atomic E-state index is 0.679. The first kappa shape index (κ1) is 13.1. The third-order valence-electron chi connectivity index (χ3n) is 4.02. The second-order valence-corrected chi connectivity index (χ2v) is 5.40. The van der Waals surface area contributed by atoms with Gasteiger partial charge in [0.1, 0.15) is 5.82 Å². The lowest BCUT2D eigenvalue weighted by molar-refractivity contribution is 0.403. The lowest BCUT2D eigenvalue weighted by Crippen LogP contribution is -2.36. The second-order valence-electron chi connectivity index (χ2n) is 5.40. The van der Waals surface area contributed by atoms with Crippen molar-refractivity contribution in [2.75, 3.05) is 29.9 Å². The number of nitrogens with zero attached hydrogens (tertiary/aromatic N) is 4. The Morgan fingerprint density at radius 2 is 2.30 bits per heavy atom. The first-order valence-electron chi connectivity index (χ1n) is 7.51. The largest absolute Gasteiger partial charge is 0.356 e. The van der Waals surface area contributed by atoms with E-state index in [1.807, 2.05) is 13.1 Å². The molecule has 0 radical (unpaired) electrons. The number of hydrogen-bond acceptors (Lipinski definition) is 5. The number of aromatic nitrogens is 4. The van der Waals surface area contributed by atoms with Crippen LogP contribution in [-0.4, -0.2) is 39.8 Å². The van der Waals surface area contributed by atoms with Crippen LogP contribution in [0.3, 0.4) is 0 Å². The SMILES string of the molecule is CCNc1nc(N2CCCC(CC)C2)c2cn[nH]c2n1. The molecule has 0 aliphatic carbocycles. The molecule has 6 nitrogen and oxygen atoms in total. The molecule has 0 saturated carbocycles. The van der Waals surface area contributed by atoms with E-state index in [4.69, 9.17) is 4.98 Å². The van der Waals surface area contributed by atoms with E-state index in [1.54, 1.807) is 0 Å². The van der Waals surface area contributed by atoms with E-state index >= 15 is 0 Å². The van der Waals surface area contributed by atoms with Crippen LogP contribution in [0.4, 0.5) is 11.8 Å². The van der Waals surface area contributed by atoms with Crippen molar-refractivity contribution in [3.8, 4) is 0 Å². The molecule has 108 valence electrons. The fraction of sp³-hybridized carbons (Fsp3) is 0.643. The molecule has 1 fully saturated rings. The summed E-state index contributed by atoms with van der Waals surface area (Å²) in [5.41, 5.74) is 0.810. The average Bonchev–Trinajstić information content (AvgIpc) is 2.95. The highest BCUT2D eigenvalue weighted by Gasteiger charge is 2.22. The molecule has 1 atom stereocenters. The summed E-state index contributed by atoms with van der Waals surface area (Å²) >= 11 is 0. The van der Waals surface area contributed by atoms with Gasteiger partial charge in [-0.1, -0.05) is 13.3 Å². The van der Waals surface area contributed by atoms with Crippen molar-refractivity contribution in [3.63, 3.8) is 0 Å². The van der Waals surface area contributed by atoms with Crippen molar-refractivity contribution in [2.24, 2.45) is 5.92 Å². The average molecular weight is 274 g/mol. The number of aromatic amines is 1. The van der Waals surface area contributed by atoms with E-state index in [2.05, 4.69) is 32.3 Å². The smallest absolute Gasteiger partial charge is 0.226 e. The van der Waals surface area contributed by atoms with E-state index in [1.165, 1.54) is 19.3 Å². The topological polar surface area (TPSA) is 69.7 Å². The van der Waals surface area contributed by atoms with Gasteiger partial charge < -0.3 is 10.2 Å².